The number of aromatic hydroxyl groups is 1. The van der Waals surface area contributed by atoms with Crippen LogP contribution in [0.2, 0.25) is 0 Å². The van der Waals surface area contributed by atoms with Crippen LogP contribution in [0.3, 0.4) is 0 Å². The van der Waals surface area contributed by atoms with E-state index in [1.54, 1.807) is 0 Å². The normalized spacial score (nSPS) is 14.2. The third-order valence-corrected chi connectivity index (χ3v) is 5.96. The van der Waals surface area contributed by atoms with Crippen molar-refractivity contribution >= 4 is 28.5 Å². The molecule has 1 aliphatic heterocycles. The lowest BCUT2D eigenvalue weighted by molar-refractivity contribution is -0.384. The zero-order valence-electron chi connectivity index (χ0n) is 20.8. The summed E-state index contributed by atoms with van der Waals surface area (Å²) in [6.07, 6.45) is 0. The maximum atomic E-state index is 11.3. The molecular weight excluding hydrogens is 446 g/mol. The number of nitro groups is 1. The SMILES string of the molecule is CCN(CC)c1ccc(/N=C2/C(C(C)(C)C)=Nn3c2nnc3-c2cc([N+](=O)[O-])ccc2O)c(C)c1. The minimum absolute atomic E-state index is 0.147. The van der Waals surface area contributed by atoms with Crippen molar-refractivity contribution in [3.05, 3.63) is 57.9 Å². The third kappa shape index (κ3) is 4.39. The van der Waals surface area contributed by atoms with Crippen molar-refractivity contribution in [2.45, 2.75) is 41.5 Å². The van der Waals surface area contributed by atoms with Gasteiger partial charge in [0.25, 0.3) is 5.69 Å². The van der Waals surface area contributed by atoms with Gasteiger partial charge in [-0.25, -0.2) is 4.99 Å². The van der Waals surface area contributed by atoms with Gasteiger partial charge in [0.05, 0.1) is 21.9 Å². The number of phenolic OH excluding ortho intramolecular Hbond substituents is 1. The Labute approximate surface area is 203 Å². The molecule has 35 heavy (non-hydrogen) atoms. The van der Waals surface area contributed by atoms with Gasteiger partial charge in [0, 0.05) is 36.3 Å². The first-order valence-electron chi connectivity index (χ1n) is 11.5. The van der Waals surface area contributed by atoms with Crippen LogP contribution in [0, 0.1) is 22.5 Å². The highest BCUT2D eigenvalue weighted by molar-refractivity contribution is 6.50. The van der Waals surface area contributed by atoms with Crippen LogP contribution in [0.4, 0.5) is 17.1 Å². The van der Waals surface area contributed by atoms with Gasteiger partial charge >= 0.3 is 0 Å². The molecule has 0 unspecified atom stereocenters. The summed E-state index contributed by atoms with van der Waals surface area (Å²) in [5, 5.41) is 34.9. The van der Waals surface area contributed by atoms with Gasteiger partial charge in [-0.1, -0.05) is 20.8 Å². The van der Waals surface area contributed by atoms with Gasteiger partial charge in [0.1, 0.15) is 11.5 Å². The van der Waals surface area contributed by atoms with E-state index in [2.05, 4.69) is 41.1 Å². The molecule has 0 spiro atoms. The summed E-state index contributed by atoms with van der Waals surface area (Å²) in [6, 6.07) is 9.94. The van der Waals surface area contributed by atoms with Crippen LogP contribution >= 0.6 is 0 Å². The number of rotatable bonds is 6. The fourth-order valence-electron chi connectivity index (χ4n) is 4.04. The van der Waals surface area contributed by atoms with E-state index >= 15 is 0 Å². The Morgan fingerprint density at radius 2 is 1.77 bits per heavy atom. The van der Waals surface area contributed by atoms with E-state index in [9.17, 15) is 15.2 Å². The predicted octanol–water partition coefficient (Wildman–Crippen LogP) is 5.10. The number of phenols is 1. The Morgan fingerprint density at radius 3 is 2.37 bits per heavy atom. The second-order valence-electron chi connectivity index (χ2n) is 9.42. The molecule has 0 amide bonds. The Kier molecular flexibility index (Phi) is 6.14. The third-order valence-electron chi connectivity index (χ3n) is 5.96. The highest BCUT2D eigenvalue weighted by Crippen LogP contribution is 2.35. The minimum atomic E-state index is -0.522. The summed E-state index contributed by atoms with van der Waals surface area (Å²) >= 11 is 0. The van der Waals surface area contributed by atoms with Gasteiger partial charge in [0.2, 0.25) is 5.82 Å². The molecule has 10 nitrogen and oxygen atoms in total. The molecule has 10 heteroatoms. The summed E-state index contributed by atoms with van der Waals surface area (Å²) in [6.45, 7) is 14.2. The first-order chi connectivity index (χ1) is 16.5. The molecule has 3 aromatic rings. The maximum Gasteiger partial charge on any atom is 0.270 e. The van der Waals surface area contributed by atoms with Crippen LogP contribution in [-0.2, 0) is 0 Å². The van der Waals surface area contributed by atoms with Crippen LogP contribution in [0.1, 0.15) is 46.0 Å². The Hall–Kier alpha value is -4.08. The van der Waals surface area contributed by atoms with Gasteiger partial charge in [-0.15, -0.1) is 10.2 Å². The zero-order chi connectivity index (χ0) is 25.5. The van der Waals surface area contributed by atoms with E-state index in [4.69, 9.17) is 10.1 Å². The largest absolute Gasteiger partial charge is 0.507 e. The maximum absolute atomic E-state index is 11.3. The van der Waals surface area contributed by atoms with Gasteiger partial charge < -0.3 is 10.0 Å². The van der Waals surface area contributed by atoms with E-state index < -0.39 is 4.92 Å². The fourth-order valence-corrected chi connectivity index (χ4v) is 4.04. The average Bonchev–Trinajstić information content (AvgIpc) is 3.36. The van der Waals surface area contributed by atoms with E-state index in [0.29, 0.717) is 17.2 Å². The summed E-state index contributed by atoms with van der Waals surface area (Å²) in [4.78, 5) is 18.0. The van der Waals surface area contributed by atoms with E-state index in [1.165, 1.54) is 22.9 Å². The quantitative estimate of drug-likeness (QED) is 0.391. The summed E-state index contributed by atoms with van der Waals surface area (Å²) in [5.74, 6) is 0.483. The minimum Gasteiger partial charge on any atom is -0.507 e. The molecule has 0 fully saturated rings. The van der Waals surface area contributed by atoms with E-state index in [1.807, 2.05) is 33.8 Å². The molecule has 0 atom stereocenters. The van der Waals surface area contributed by atoms with Crippen LogP contribution in [0.15, 0.2) is 46.5 Å². The molecule has 4 rings (SSSR count). The van der Waals surface area contributed by atoms with Crippen molar-refractivity contribution in [1.29, 1.82) is 0 Å². The lowest BCUT2D eigenvalue weighted by Crippen LogP contribution is -2.27. The standard InChI is InChI=1S/C25H29N7O3/c1-7-30(8-2)16-9-11-19(15(3)13-16)26-21-22(25(4,5)6)29-31-23(27-28-24(21)31)18-14-17(32(34)35)10-12-20(18)33/h9-14,33H,7-8H2,1-6H3/b26-21-. The van der Waals surface area contributed by atoms with Gasteiger partial charge in [-0.3, -0.25) is 10.1 Å². The number of aliphatic imine (C=N–C) groups is 1. The Morgan fingerprint density at radius 1 is 1.09 bits per heavy atom. The lowest BCUT2D eigenvalue weighted by Gasteiger charge is -2.22. The number of hydrogen-bond donors (Lipinski definition) is 1. The molecule has 0 radical (unpaired) electrons. The number of nitrogens with zero attached hydrogens (tertiary/aromatic N) is 7. The number of aromatic nitrogens is 3. The number of fused-ring (bicyclic) bond motifs is 1. The molecule has 0 bridgehead atoms. The Bertz CT molecular complexity index is 1360. The summed E-state index contributed by atoms with van der Waals surface area (Å²) < 4.78 is 1.50. The van der Waals surface area contributed by atoms with Crippen molar-refractivity contribution in [1.82, 2.24) is 14.9 Å². The second-order valence-corrected chi connectivity index (χ2v) is 9.42. The fraction of sp³-hybridized carbons (Fsp3) is 0.360. The molecular formula is C25H29N7O3. The van der Waals surface area contributed by atoms with E-state index in [0.717, 1.165) is 30.0 Å². The van der Waals surface area contributed by atoms with Crippen molar-refractivity contribution in [3.8, 4) is 17.1 Å². The number of hydrogen-bond acceptors (Lipinski definition) is 8. The monoisotopic (exact) mass is 475 g/mol. The molecule has 0 saturated heterocycles. The van der Waals surface area contributed by atoms with Crippen LogP contribution in [0.5, 0.6) is 5.75 Å². The predicted molar refractivity (Wildman–Crippen MR) is 137 cm³/mol. The van der Waals surface area contributed by atoms with Crippen molar-refractivity contribution < 1.29 is 10.0 Å². The van der Waals surface area contributed by atoms with Gasteiger partial charge in [0.15, 0.2) is 5.82 Å². The number of anilines is 1. The van der Waals surface area contributed by atoms with Gasteiger partial charge in [-0.05, 0) is 50.6 Å². The number of nitro benzene ring substituents is 1. The Balaban J connectivity index is 1.85. The zero-order valence-corrected chi connectivity index (χ0v) is 20.8. The molecule has 0 aliphatic carbocycles. The first-order valence-corrected chi connectivity index (χ1v) is 11.5. The van der Waals surface area contributed by atoms with Crippen molar-refractivity contribution in [2.75, 3.05) is 18.0 Å². The number of aryl methyl sites for hydroxylation is 1. The lowest BCUT2D eigenvalue weighted by atomic mass is 9.87. The molecule has 1 aromatic heterocycles. The highest BCUT2D eigenvalue weighted by atomic mass is 16.6. The van der Waals surface area contributed by atoms with Crippen LogP contribution in [-0.4, -0.2) is 49.4 Å². The molecule has 1 aliphatic rings. The summed E-state index contributed by atoms with van der Waals surface area (Å²) in [5.41, 5.74) is 3.90. The molecule has 2 aromatic carbocycles. The first kappa shape index (κ1) is 24.1. The van der Waals surface area contributed by atoms with Crippen molar-refractivity contribution in [2.24, 2.45) is 15.5 Å². The number of non-ortho nitro benzene ring substituents is 1. The topological polar surface area (TPSA) is 122 Å². The summed E-state index contributed by atoms with van der Waals surface area (Å²) in [7, 11) is 0. The number of benzene rings is 2. The second kappa shape index (κ2) is 8.94. The molecule has 1 N–H and O–H groups in total. The van der Waals surface area contributed by atoms with Crippen LogP contribution in [0.25, 0.3) is 11.4 Å². The smallest absolute Gasteiger partial charge is 0.270 e. The van der Waals surface area contributed by atoms with Gasteiger partial charge in [-0.2, -0.15) is 9.78 Å². The average molecular weight is 476 g/mol. The molecule has 182 valence electrons. The molecule has 0 saturated carbocycles. The molecule has 2 heterocycles. The van der Waals surface area contributed by atoms with Crippen molar-refractivity contribution in [3.63, 3.8) is 0 Å². The highest BCUT2D eigenvalue weighted by Gasteiger charge is 2.36. The van der Waals surface area contributed by atoms with E-state index in [-0.39, 0.29) is 28.2 Å². The van der Waals surface area contributed by atoms with Crippen LogP contribution < -0.4 is 4.90 Å².